The Kier molecular flexibility index (Phi) is 6.91. The Balaban J connectivity index is 1.75. The van der Waals surface area contributed by atoms with E-state index in [2.05, 4.69) is 5.32 Å². The molecule has 1 saturated heterocycles. The standard InChI is InChI=1S/C18H23FN2O4/c19-15-5-1-3-14(9-15)10-16(22)20-11-17(23)21-8-2-4-13(12-21)6-7-18(24)25/h1,3,5,9,13H,2,4,6-8,10-12H2,(H,20,22)(H,24,25). The molecule has 0 radical (unpaired) electrons. The fraction of sp³-hybridized carbons (Fsp3) is 0.500. The van der Waals surface area contributed by atoms with E-state index in [1.54, 1.807) is 11.0 Å². The number of amides is 2. The normalized spacial score (nSPS) is 17.2. The van der Waals surface area contributed by atoms with Crippen molar-refractivity contribution in [1.29, 1.82) is 0 Å². The van der Waals surface area contributed by atoms with E-state index in [0.29, 0.717) is 25.1 Å². The van der Waals surface area contributed by atoms with Crippen molar-refractivity contribution < 1.29 is 23.9 Å². The topological polar surface area (TPSA) is 86.7 Å². The number of hydrogen-bond donors (Lipinski definition) is 2. The van der Waals surface area contributed by atoms with Crippen LogP contribution < -0.4 is 5.32 Å². The number of carbonyl (C=O) groups is 3. The molecule has 1 aromatic carbocycles. The second kappa shape index (κ2) is 9.15. The average molecular weight is 350 g/mol. The minimum Gasteiger partial charge on any atom is -0.481 e. The van der Waals surface area contributed by atoms with E-state index in [0.717, 1.165) is 12.8 Å². The van der Waals surface area contributed by atoms with Crippen LogP contribution in [0.3, 0.4) is 0 Å². The Labute approximate surface area is 146 Å². The van der Waals surface area contributed by atoms with Crippen molar-refractivity contribution in [2.24, 2.45) is 5.92 Å². The fourth-order valence-corrected chi connectivity index (χ4v) is 3.04. The van der Waals surface area contributed by atoms with Gasteiger partial charge in [-0.15, -0.1) is 0 Å². The van der Waals surface area contributed by atoms with E-state index in [9.17, 15) is 18.8 Å². The summed E-state index contributed by atoms with van der Waals surface area (Å²) in [6.45, 7) is 1.06. The van der Waals surface area contributed by atoms with Crippen LogP contribution in [0, 0.1) is 11.7 Å². The zero-order valence-corrected chi connectivity index (χ0v) is 14.0. The van der Waals surface area contributed by atoms with E-state index in [1.165, 1.54) is 18.2 Å². The number of halogens is 1. The number of hydrogen-bond acceptors (Lipinski definition) is 3. The quantitative estimate of drug-likeness (QED) is 0.782. The van der Waals surface area contributed by atoms with Gasteiger partial charge in [0.05, 0.1) is 13.0 Å². The highest BCUT2D eigenvalue weighted by molar-refractivity contribution is 5.85. The lowest BCUT2D eigenvalue weighted by molar-refractivity contribution is -0.137. The van der Waals surface area contributed by atoms with Crippen LogP contribution in [0.5, 0.6) is 0 Å². The first kappa shape index (κ1) is 18.9. The molecule has 2 rings (SSSR count). The summed E-state index contributed by atoms with van der Waals surface area (Å²) in [5, 5.41) is 11.3. The average Bonchev–Trinajstić information content (AvgIpc) is 2.58. The summed E-state index contributed by atoms with van der Waals surface area (Å²) >= 11 is 0. The molecule has 1 aliphatic rings. The van der Waals surface area contributed by atoms with Gasteiger partial charge in [-0.1, -0.05) is 12.1 Å². The molecule has 1 aromatic rings. The van der Waals surface area contributed by atoms with Gasteiger partial charge in [0, 0.05) is 19.5 Å². The lowest BCUT2D eigenvalue weighted by Crippen LogP contribution is -2.45. The number of nitrogens with zero attached hydrogens (tertiary/aromatic N) is 1. The summed E-state index contributed by atoms with van der Waals surface area (Å²) in [6, 6.07) is 5.79. The lowest BCUT2D eigenvalue weighted by atomic mass is 9.93. The third-order valence-electron chi connectivity index (χ3n) is 4.33. The van der Waals surface area contributed by atoms with Gasteiger partial charge >= 0.3 is 5.97 Å². The van der Waals surface area contributed by atoms with Crippen molar-refractivity contribution in [3.8, 4) is 0 Å². The maximum Gasteiger partial charge on any atom is 0.303 e. The predicted molar refractivity (Wildman–Crippen MR) is 89.3 cm³/mol. The number of piperidine rings is 1. The maximum absolute atomic E-state index is 13.1. The van der Waals surface area contributed by atoms with E-state index >= 15 is 0 Å². The smallest absolute Gasteiger partial charge is 0.303 e. The number of nitrogens with one attached hydrogen (secondary N) is 1. The van der Waals surface area contributed by atoms with Crippen LogP contribution in [0.15, 0.2) is 24.3 Å². The van der Waals surface area contributed by atoms with Crippen molar-refractivity contribution >= 4 is 17.8 Å². The van der Waals surface area contributed by atoms with Crippen molar-refractivity contribution in [2.45, 2.75) is 32.1 Å². The predicted octanol–water partition coefficient (Wildman–Crippen LogP) is 1.59. The van der Waals surface area contributed by atoms with Crippen LogP contribution in [0.4, 0.5) is 4.39 Å². The zero-order valence-electron chi connectivity index (χ0n) is 14.0. The number of carbonyl (C=O) groups excluding carboxylic acids is 2. The molecule has 0 bridgehead atoms. The number of carboxylic acids is 1. The molecule has 7 heteroatoms. The molecule has 1 unspecified atom stereocenters. The summed E-state index contributed by atoms with van der Waals surface area (Å²) in [5.74, 6) is -1.54. The molecule has 1 aliphatic heterocycles. The molecule has 2 N–H and O–H groups in total. The Hall–Kier alpha value is -2.44. The molecule has 136 valence electrons. The number of carboxylic acid groups (broad SMARTS) is 1. The number of benzene rings is 1. The first-order chi connectivity index (χ1) is 11.9. The molecule has 1 atom stereocenters. The van der Waals surface area contributed by atoms with E-state index in [1.807, 2.05) is 0 Å². The van der Waals surface area contributed by atoms with Gasteiger partial charge in [-0.25, -0.2) is 4.39 Å². The van der Waals surface area contributed by atoms with Crippen LogP contribution in [-0.4, -0.2) is 47.4 Å². The van der Waals surface area contributed by atoms with Crippen molar-refractivity contribution in [3.05, 3.63) is 35.6 Å². The molecule has 0 spiro atoms. The monoisotopic (exact) mass is 350 g/mol. The second-order valence-corrected chi connectivity index (χ2v) is 6.36. The Bertz CT molecular complexity index is 635. The minimum atomic E-state index is -0.826. The number of aliphatic carboxylic acids is 1. The van der Waals surface area contributed by atoms with Gasteiger partial charge in [0.15, 0.2) is 0 Å². The number of likely N-dealkylation sites (tertiary alicyclic amines) is 1. The zero-order chi connectivity index (χ0) is 18.2. The minimum absolute atomic E-state index is 0.0201. The second-order valence-electron chi connectivity index (χ2n) is 6.36. The summed E-state index contributed by atoms with van der Waals surface area (Å²) < 4.78 is 13.1. The van der Waals surface area contributed by atoms with Gasteiger partial charge in [0.1, 0.15) is 5.82 Å². The molecule has 1 fully saturated rings. The van der Waals surface area contributed by atoms with Gasteiger partial charge in [-0.3, -0.25) is 14.4 Å². The van der Waals surface area contributed by atoms with Crippen LogP contribution >= 0.6 is 0 Å². The summed E-state index contributed by atoms with van der Waals surface area (Å²) in [5.41, 5.74) is 0.552. The molecule has 25 heavy (non-hydrogen) atoms. The maximum atomic E-state index is 13.1. The molecular formula is C18H23FN2O4. The Morgan fingerprint density at radius 3 is 2.84 bits per heavy atom. The molecular weight excluding hydrogens is 327 g/mol. The third-order valence-corrected chi connectivity index (χ3v) is 4.33. The highest BCUT2D eigenvalue weighted by Gasteiger charge is 2.24. The summed E-state index contributed by atoms with van der Waals surface area (Å²) in [4.78, 5) is 36.4. The number of rotatable bonds is 7. The van der Waals surface area contributed by atoms with Gasteiger partial charge in [0.25, 0.3) is 0 Å². The first-order valence-electron chi connectivity index (χ1n) is 8.44. The molecule has 1 heterocycles. The molecule has 6 nitrogen and oxygen atoms in total. The lowest BCUT2D eigenvalue weighted by Gasteiger charge is -2.32. The highest BCUT2D eigenvalue weighted by atomic mass is 19.1. The van der Waals surface area contributed by atoms with E-state index in [-0.39, 0.29) is 37.1 Å². The van der Waals surface area contributed by atoms with Gasteiger partial charge < -0.3 is 15.3 Å². The van der Waals surface area contributed by atoms with Gasteiger partial charge in [0.2, 0.25) is 11.8 Å². The third kappa shape index (κ3) is 6.52. The van der Waals surface area contributed by atoms with Gasteiger partial charge in [-0.05, 0) is 42.9 Å². The Morgan fingerprint density at radius 2 is 2.12 bits per heavy atom. The van der Waals surface area contributed by atoms with Crippen LogP contribution in [-0.2, 0) is 20.8 Å². The molecule has 2 amide bonds. The first-order valence-corrected chi connectivity index (χ1v) is 8.44. The fourth-order valence-electron chi connectivity index (χ4n) is 3.04. The van der Waals surface area contributed by atoms with Gasteiger partial charge in [-0.2, -0.15) is 0 Å². The largest absolute Gasteiger partial charge is 0.481 e. The molecule has 0 aromatic heterocycles. The molecule has 0 aliphatic carbocycles. The molecule has 0 saturated carbocycles. The van der Waals surface area contributed by atoms with Crippen molar-refractivity contribution in [2.75, 3.05) is 19.6 Å². The SMILES string of the molecule is O=C(O)CCC1CCCN(C(=O)CNC(=O)Cc2cccc(F)c2)C1. The van der Waals surface area contributed by atoms with Crippen molar-refractivity contribution in [1.82, 2.24) is 10.2 Å². The van der Waals surface area contributed by atoms with Crippen LogP contribution in [0.1, 0.15) is 31.2 Å². The van der Waals surface area contributed by atoms with Crippen LogP contribution in [0.25, 0.3) is 0 Å². The summed E-state index contributed by atoms with van der Waals surface area (Å²) in [6.07, 6.45) is 2.45. The summed E-state index contributed by atoms with van der Waals surface area (Å²) in [7, 11) is 0. The van der Waals surface area contributed by atoms with E-state index < -0.39 is 11.8 Å². The Morgan fingerprint density at radius 1 is 1.32 bits per heavy atom. The highest BCUT2D eigenvalue weighted by Crippen LogP contribution is 2.20. The van der Waals surface area contributed by atoms with Crippen LogP contribution in [0.2, 0.25) is 0 Å². The van der Waals surface area contributed by atoms with E-state index in [4.69, 9.17) is 5.11 Å². The van der Waals surface area contributed by atoms with Crippen molar-refractivity contribution in [3.63, 3.8) is 0 Å².